The van der Waals surface area contributed by atoms with E-state index in [0.29, 0.717) is 11.5 Å². The lowest BCUT2D eigenvalue weighted by atomic mass is 9.77. The number of pyridine rings is 1. The number of hydrogen-bond donors (Lipinski definition) is 1. The van der Waals surface area contributed by atoms with Crippen LogP contribution in [0.1, 0.15) is 58.4 Å². The molecule has 7 heteroatoms. The lowest BCUT2D eigenvalue weighted by molar-refractivity contribution is 0.0917. The highest BCUT2D eigenvalue weighted by molar-refractivity contribution is 6.02. The van der Waals surface area contributed by atoms with E-state index >= 15 is 0 Å². The summed E-state index contributed by atoms with van der Waals surface area (Å²) < 4.78 is 4.29. The number of amides is 1. The van der Waals surface area contributed by atoms with Crippen LogP contribution in [0.4, 0.5) is 0 Å². The van der Waals surface area contributed by atoms with Gasteiger partial charge in [-0.2, -0.15) is 10.2 Å². The molecule has 5 aromatic carbocycles. The van der Waals surface area contributed by atoms with Gasteiger partial charge in [-0.1, -0.05) is 116 Å². The van der Waals surface area contributed by atoms with Gasteiger partial charge >= 0.3 is 0 Å². The lowest BCUT2D eigenvalue weighted by Gasteiger charge is -2.37. The molecule has 1 saturated carbocycles. The predicted octanol–water partition coefficient (Wildman–Crippen LogP) is 9.59. The Morgan fingerprint density at radius 2 is 1.43 bits per heavy atom. The van der Waals surface area contributed by atoms with Crippen LogP contribution in [0, 0.1) is 12.8 Å². The SMILES string of the molecule is Cc1cc(-c2nn(C(c3ccccc3)(c3ccccc3)c3ccccc3)c3ccc(C(=O)NC4CCCC(Cn5ncc6ccccc65)C4)cc23)ccn1. The lowest BCUT2D eigenvalue weighted by Crippen LogP contribution is -2.39. The quantitative estimate of drug-likeness (QED) is 0.152. The van der Waals surface area contributed by atoms with Crippen LogP contribution in [0.3, 0.4) is 0 Å². The Bertz CT molecular complexity index is 2460. The Balaban J connectivity index is 1.13. The molecule has 1 aliphatic rings. The molecule has 1 amide bonds. The summed E-state index contributed by atoms with van der Waals surface area (Å²) in [7, 11) is 0. The second kappa shape index (κ2) is 14.2. The fourth-order valence-corrected chi connectivity index (χ4v) is 8.60. The molecule has 266 valence electrons. The Morgan fingerprint density at radius 3 is 2.11 bits per heavy atom. The van der Waals surface area contributed by atoms with Gasteiger partial charge in [0.25, 0.3) is 5.91 Å². The molecule has 54 heavy (non-hydrogen) atoms. The zero-order valence-corrected chi connectivity index (χ0v) is 30.3. The van der Waals surface area contributed by atoms with E-state index in [1.807, 2.05) is 37.5 Å². The molecule has 3 heterocycles. The molecule has 1 fully saturated rings. The van der Waals surface area contributed by atoms with Crippen molar-refractivity contribution in [2.45, 2.75) is 50.7 Å². The molecule has 8 aromatic rings. The number of carbonyl (C=O) groups excluding carboxylic acids is 1. The summed E-state index contributed by atoms with van der Waals surface area (Å²) in [6.45, 7) is 2.85. The van der Waals surface area contributed by atoms with E-state index in [-0.39, 0.29) is 11.9 Å². The van der Waals surface area contributed by atoms with Crippen molar-refractivity contribution < 1.29 is 4.79 Å². The first-order chi connectivity index (χ1) is 26.6. The summed E-state index contributed by atoms with van der Waals surface area (Å²) >= 11 is 0. The van der Waals surface area contributed by atoms with Gasteiger partial charge in [0.05, 0.1) is 17.2 Å². The molecule has 3 aromatic heterocycles. The number of carbonyl (C=O) groups is 1. The van der Waals surface area contributed by atoms with Crippen LogP contribution in [0.2, 0.25) is 0 Å². The molecule has 0 saturated heterocycles. The number of rotatable bonds is 9. The molecule has 0 aliphatic heterocycles. The number of nitrogens with one attached hydrogen (secondary N) is 1. The van der Waals surface area contributed by atoms with Gasteiger partial charge in [-0.05, 0) is 85.2 Å². The van der Waals surface area contributed by atoms with E-state index in [0.717, 1.165) is 87.7 Å². The summed E-state index contributed by atoms with van der Waals surface area (Å²) in [6, 6.07) is 50.3. The minimum Gasteiger partial charge on any atom is -0.349 e. The van der Waals surface area contributed by atoms with Crippen LogP contribution in [0.5, 0.6) is 0 Å². The molecule has 2 unspecified atom stereocenters. The number of fused-ring (bicyclic) bond motifs is 2. The van der Waals surface area contributed by atoms with Gasteiger partial charge in [0.1, 0.15) is 11.2 Å². The Labute approximate surface area is 315 Å². The third-order valence-corrected chi connectivity index (χ3v) is 11.1. The zero-order valence-electron chi connectivity index (χ0n) is 30.3. The summed E-state index contributed by atoms with van der Waals surface area (Å²) in [5, 5.41) is 15.7. The first kappa shape index (κ1) is 33.5. The van der Waals surface area contributed by atoms with Crippen molar-refractivity contribution in [3.63, 3.8) is 0 Å². The smallest absolute Gasteiger partial charge is 0.251 e. The molecular formula is C47H42N6O. The van der Waals surface area contributed by atoms with Crippen LogP contribution >= 0.6 is 0 Å². The van der Waals surface area contributed by atoms with Crippen molar-refractivity contribution >= 4 is 27.7 Å². The number of nitrogens with zero attached hydrogens (tertiary/aromatic N) is 5. The van der Waals surface area contributed by atoms with Crippen molar-refractivity contribution in [1.29, 1.82) is 0 Å². The van der Waals surface area contributed by atoms with Crippen molar-refractivity contribution in [3.8, 4) is 11.3 Å². The average Bonchev–Trinajstić information content (AvgIpc) is 3.81. The van der Waals surface area contributed by atoms with E-state index in [1.54, 1.807) is 0 Å². The van der Waals surface area contributed by atoms with Gasteiger partial charge in [0.15, 0.2) is 0 Å². The normalized spacial score (nSPS) is 16.1. The number of aromatic nitrogens is 5. The maximum Gasteiger partial charge on any atom is 0.251 e. The fraction of sp³-hybridized carbons (Fsp3) is 0.191. The molecule has 1 N–H and O–H groups in total. The van der Waals surface area contributed by atoms with E-state index in [9.17, 15) is 4.79 Å². The van der Waals surface area contributed by atoms with Gasteiger partial charge in [-0.25, -0.2) is 4.68 Å². The van der Waals surface area contributed by atoms with Crippen LogP contribution in [-0.4, -0.2) is 36.5 Å². The molecular weight excluding hydrogens is 665 g/mol. The molecule has 0 radical (unpaired) electrons. The number of aryl methyl sites for hydroxylation is 1. The molecule has 0 bridgehead atoms. The van der Waals surface area contributed by atoms with Crippen LogP contribution in [-0.2, 0) is 12.1 Å². The minimum atomic E-state index is -0.816. The van der Waals surface area contributed by atoms with Crippen molar-refractivity contribution in [2.75, 3.05) is 0 Å². The summed E-state index contributed by atoms with van der Waals surface area (Å²) in [5.41, 5.74) is 7.81. The maximum atomic E-state index is 14.2. The Hall–Kier alpha value is -6.34. The monoisotopic (exact) mass is 706 g/mol. The Kier molecular flexibility index (Phi) is 8.83. The fourth-order valence-electron chi connectivity index (χ4n) is 8.60. The van der Waals surface area contributed by atoms with E-state index < -0.39 is 5.54 Å². The van der Waals surface area contributed by atoms with Crippen LogP contribution in [0.25, 0.3) is 33.1 Å². The first-order valence-electron chi connectivity index (χ1n) is 18.9. The van der Waals surface area contributed by atoms with Gasteiger partial charge in [-0.15, -0.1) is 0 Å². The highest BCUT2D eigenvalue weighted by Gasteiger charge is 2.41. The van der Waals surface area contributed by atoms with E-state index in [1.165, 1.54) is 0 Å². The summed E-state index contributed by atoms with van der Waals surface area (Å²) in [5.74, 6) is 0.383. The van der Waals surface area contributed by atoms with E-state index in [2.05, 4.69) is 152 Å². The van der Waals surface area contributed by atoms with Crippen molar-refractivity contribution in [3.05, 3.63) is 186 Å². The topological polar surface area (TPSA) is 77.6 Å². The molecule has 1 aliphatic carbocycles. The number of para-hydroxylation sites is 1. The standard InChI is InChI=1S/C47H42N6O/c1-33-28-35(26-27-48-33)45-42-30-36(46(54)50-41-22-13-14-34(29-41)32-52-43-23-12-11-15-37(43)31-49-52)24-25-44(42)53(51-45)47(38-16-5-2-6-17-38,39-18-7-3-8-19-39)40-20-9-4-10-21-40/h2-12,15-21,23-28,30-31,34,41H,13-14,22,29,32H2,1H3,(H,50,54). The summed E-state index contributed by atoms with van der Waals surface area (Å²) in [4.78, 5) is 18.7. The summed E-state index contributed by atoms with van der Waals surface area (Å²) in [6.07, 6.45) is 7.88. The molecule has 0 spiro atoms. The van der Waals surface area contributed by atoms with Crippen LogP contribution < -0.4 is 5.32 Å². The zero-order chi connectivity index (χ0) is 36.5. The minimum absolute atomic E-state index is 0.0582. The second-order valence-corrected chi connectivity index (χ2v) is 14.6. The molecule has 2 atom stereocenters. The van der Waals surface area contributed by atoms with Crippen molar-refractivity contribution in [2.24, 2.45) is 5.92 Å². The highest BCUT2D eigenvalue weighted by atomic mass is 16.1. The van der Waals surface area contributed by atoms with Gasteiger partial charge in [-0.3, -0.25) is 14.5 Å². The maximum absolute atomic E-state index is 14.2. The molecule has 7 nitrogen and oxygen atoms in total. The first-order valence-corrected chi connectivity index (χ1v) is 18.9. The molecule has 9 rings (SSSR count). The van der Waals surface area contributed by atoms with Crippen LogP contribution in [0.15, 0.2) is 158 Å². The largest absolute Gasteiger partial charge is 0.349 e. The second-order valence-electron chi connectivity index (χ2n) is 14.6. The predicted molar refractivity (Wildman–Crippen MR) is 215 cm³/mol. The van der Waals surface area contributed by atoms with Gasteiger partial charge < -0.3 is 5.32 Å². The van der Waals surface area contributed by atoms with E-state index in [4.69, 9.17) is 5.10 Å². The third kappa shape index (κ3) is 6.05. The third-order valence-electron chi connectivity index (χ3n) is 11.1. The number of benzene rings is 5. The number of hydrogen-bond acceptors (Lipinski definition) is 4. The van der Waals surface area contributed by atoms with Gasteiger partial charge in [0.2, 0.25) is 0 Å². The highest BCUT2D eigenvalue weighted by Crippen LogP contribution is 2.44. The Morgan fingerprint density at radius 1 is 0.759 bits per heavy atom. The van der Waals surface area contributed by atoms with Crippen molar-refractivity contribution in [1.82, 2.24) is 29.9 Å². The average molecular weight is 707 g/mol. The van der Waals surface area contributed by atoms with Gasteiger partial charge in [0, 0.05) is 46.4 Å².